The zero-order valence-corrected chi connectivity index (χ0v) is 9.57. The summed E-state index contributed by atoms with van der Waals surface area (Å²) in [6, 6.07) is 0.115. The van der Waals surface area contributed by atoms with Crippen LogP contribution in [0.15, 0.2) is 0 Å². The van der Waals surface area contributed by atoms with Crippen LogP contribution < -0.4 is 5.73 Å². The van der Waals surface area contributed by atoms with Crippen LogP contribution in [0.5, 0.6) is 0 Å². The van der Waals surface area contributed by atoms with E-state index in [9.17, 15) is 13.2 Å². The lowest BCUT2D eigenvalue weighted by Gasteiger charge is -2.34. The largest absolute Gasteiger partial charge is 0.441 e. The van der Waals surface area contributed by atoms with Gasteiger partial charge in [0, 0.05) is 31.4 Å². The monoisotopic (exact) mass is 242 g/mol. The van der Waals surface area contributed by atoms with Crippen molar-refractivity contribution in [1.29, 1.82) is 0 Å². The number of hydrogen-bond acceptors (Lipinski definition) is 3. The minimum absolute atomic E-state index is 0.0472. The van der Waals surface area contributed by atoms with Crippen molar-refractivity contribution < 1.29 is 13.2 Å². The number of rotatable bonds is 3. The standard InChI is InChI=1S/C9H17F3N2S/c1-7-4-8(13)6-14(5-7)2-3-15-9(10,11)12/h7-8H,2-6,13H2,1H3. The van der Waals surface area contributed by atoms with E-state index in [1.165, 1.54) is 0 Å². The van der Waals surface area contributed by atoms with Crippen molar-refractivity contribution in [3.8, 4) is 0 Å². The summed E-state index contributed by atoms with van der Waals surface area (Å²) in [6.07, 6.45) is 0.975. The van der Waals surface area contributed by atoms with Gasteiger partial charge < -0.3 is 10.6 Å². The second-order valence-electron chi connectivity index (χ2n) is 4.15. The van der Waals surface area contributed by atoms with Gasteiger partial charge in [0.1, 0.15) is 0 Å². The summed E-state index contributed by atoms with van der Waals surface area (Å²) in [4.78, 5) is 2.03. The van der Waals surface area contributed by atoms with E-state index in [1.807, 2.05) is 4.90 Å². The summed E-state index contributed by atoms with van der Waals surface area (Å²) in [5.74, 6) is 0.591. The highest BCUT2D eigenvalue weighted by molar-refractivity contribution is 8.00. The van der Waals surface area contributed by atoms with Crippen LogP contribution in [0.2, 0.25) is 0 Å². The third-order valence-corrected chi connectivity index (χ3v) is 3.15. The Kier molecular flexibility index (Phi) is 4.73. The molecule has 6 heteroatoms. The predicted molar refractivity (Wildman–Crippen MR) is 56.7 cm³/mol. The average molecular weight is 242 g/mol. The molecule has 2 atom stereocenters. The first-order chi connectivity index (χ1) is 6.87. The van der Waals surface area contributed by atoms with Gasteiger partial charge in [-0.3, -0.25) is 0 Å². The number of piperidine rings is 1. The van der Waals surface area contributed by atoms with E-state index in [4.69, 9.17) is 5.73 Å². The molecule has 1 rings (SSSR count). The molecule has 1 aliphatic heterocycles. The smallest absolute Gasteiger partial charge is 0.327 e. The van der Waals surface area contributed by atoms with E-state index in [0.717, 1.165) is 19.5 Å². The maximum atomic E-state index is 11.9. The molecule has 0 spiro atoms. The first-order valence-electron chi connectivity index (χ1n) is 5.05. The minimum atomic E-state index is -4.11. The van der Waals surface area contributed by atoms with E-state index >= 15 is 0 Å². The molecule has 0 bridgehead atoms. The Morgan fingerprint density at radius 1 is 1.40 bits per heavy atom. The summed E-state index contributed by atoms with van der Waals surface area (Å²) in [7, 11) is 0. The number of alkyl halides is 3. The molecule has 1 heterocycles. The van der Waals surface area contributed by atoms with Crippen molar-refractivity contribution in [2.45, 2.75) is 24.9 Å². The van der Waals surface area contributed by atoms with Gasteiger partial charge in [-0.05, 0) is 24.1 Å². The second-order valence-corrected chi connectivity index (χ2v) is 5.31. The van der Waals surface area contributed by atoms with Crippen LogP contribution in [-0.2, 0) is 0 Å². The highest BCUT2D eigenvalue weighted by Crippen LogP contribution is 2.30. The highest BCUT2D eigenvalue weighted by Gasteiger charge is 2.29. The average Bonchev–Trinajstić information content (AvgIpc) is 1.99. The molecular formula is C9H17F3N2S. The molecule has 1 fully saturated rings. The fourth-order valence-corrected chi connectivity index (χ4v) is 2.57. The van der Waals surface area contributed by atoms with Gasteiger partial charge in [-0.15, -0.1) is 0 Å². The Hall–Kier alpha value is 0.0600. The van der Waals surface area contributed by atoms with Gasteiger partial charge in [-0.1, -0.05) is 6.92 Å². The molecule has 1 aliphatic rings. The molecule has 1 saturated heterocycles. The normalized spacial score (nSPS) is 29.4. The van der Waals surface area contributed by atoms with Gasteiger partial charge in [0.25, 0.3) is 0 Å². The molecule has 0 aromatic carbocycles. The lowest BCUT2D eigenvalue weighted by molar-refractivity contribution is -0.0329. The van der Waals surface area contributed by atoms with Crippen molar-refractivity contribution >= 4 is 11.8 Å². The number of nitrogens with zero attached hydrogens (tertiary/aromatic N) is 1. The van der Waals surface area contributed by atoms with Gasteiger partial charge in [0.15, 0.2) is 0 Å². The summed E-state index contributed by atoms with van der Waals surface area (Å²) in [6.45, 7) is 4.15. The number of halogens is 3. The van der Waals surface area contributed by atoms with Crippen molar-refractivity contribution in [3.05, 3.63) is 0 Å². The van der Waals surface area contributed by atoms with Crippen LogP contribution in [0.4, 0.5) is 13.2 Å². The molecule has 2 N–H and O–H groups in total. The Bertz CT molecular complexity index is 188. The Morgan fingerprint density at radius 3 is 2.60 bits per heavy atom. The van der Waals surface area contributed by atoms with Crippen LogP contribution in [0.25, 0.3) is 0 Å². The maximum absolute atomic E-state index is 11.9. The van der Waals surface area contributed by atoms with Gasteiger partial charge in [-0.2, -0.15) is 13.2 Å². The van der Waals surface area contributed by atoms with Gasteiger partial charge >= 0.3 is 5.51 Å². The predicted octanol–water partition coefficient (Wildman–Crippen LogP) is 1.91. The number of nitrogens with two attached hydrogens (primary N) is 1. The quantitative estimate of drug-likeness (QED) is 0.819. The first kappa shape index (κ1) is 13.1. The molecule has 0 aliphatic carbocycles. The number of hydrogen-bond donors (Lipinski definition) is 1. The molecule has 2 unspecified atom stereocenters. The maximum Gasteiger partial charge on any atom is 0.441 e. The molecule has 0 radical (unpaired) electrons. The summed E-state index contributed by atoms with van der Waals surface area (Å²) < 4.78 is 35.6. The van der Waals surface area contributed by atoms with Gasteiger partial charge in [-0.25, -0.2) is 0 Å². The van der Waals surface area contributed by atoms with Crippen molar-refractivity contribution in [2.24, 2.45) is 11.7 Å². The summed E-state index contributed by atoms with van der Waals surface area (Å²) in [5, 5.41) is 0. The van der Waals surface area contributed by atoms with Gasteiger partial charge in [0.2, 0.25) is 0 Å². The second kappa shape index (κ2) is 5.41. The number of thioether (sulfide) groups is 1. The molecule has 15 heavy (non-hydrogen) atoms. The Morgan fingerprint density at radius 2 is 2.07 bits per heavy atom. The molecule has 0 amide bonds. The minimum Gasteiger partial charge on any atom is -0.327 e. The van der Waals surface area contributed by atoms with Crippen molar-refractivity contribution in [3.63, 3.8) is 0 Å². The molecule has 90 valence electrons. The topological polar surface area (TPSA) is 29.3 Å². The van der Waals surface area contributed by atoms with E-state index in [1.54, 1.807) is 0 Å². The molecule has 0 aromatic heterocycles. The van der Waals surface area contributed by atoms with Crippen LogP contribution in [0.3, 0.4) is 0 Å². The summed E-state index contributed by atoms with van der Waals surface area (Å²) >= 11 is 0.0472. The first-order valence-corrected chi connectivity index (χ1v) is 6.04. The van der Waals surface area contributed by atoms with E-state index in [0.29, 0.717) is 12.5 Å². The SMILES string of the molecule is CC1CC(N)CN(CCSC(F)(F)F)C1. The lowest BCUT2D eigenvalue weighted by Crippen LogP contribution is -2.47. The zero-order chi connectivity index (χ0) is 11.5. The third-order valence-electron chi connectivity index (χ3n) is 2.44. The third kappa shape index (κ3) is 5.63. The van der Waals surface area contributed by atoms with Crippen molar-refractivity contribution in [2.75, 3.05) is 25.4 Å². The Balaban J connectivity index is 2.21. The van der Waals surface area contributed by atoms with Crippen LogP contribution in [0, 0.1) is 5.92 Å². The highest BCUT2D eigenvalue weighted by atomic mass is 32.2. The van der Waals surface area contributed by atoms with Crippen LogP contribution >= 0.6 is 11.8 Å². The van der Waals surface area contributed by atoms with E-state index in [-0.39, 0.29) is 23.6 Å². The molecular weight excluding hydrogens is 225 g/mol. The lowest BCUT2D eigenvalue weighted by atomic mass is 9.97. The summed E-state index contributed by atoms with van der Waals surface area (Å²) in [5.41, 5.74) is 1.69. The zero-order valence-electron chi connectivity index (χ0n) is 8.76. The fraction of sp³-hybridized carbons (Fsp3) is 1.00. The van der Waals surface area contributed by atoms with E-state index in [2.05, 4.69) is 6.92 Å². The molecule has 2 nitrogen and oxygen atoms in total. The number of likely N-dealkylation sites (tertiary alicyclic amines) is 1. The van der Waals surface area contributed by atoms with Crippen LogP contribution in [-0.4, -0.2) is 41.8 Å². The van der Waals surface area contributed by atoms with E-state index < -0.39 is 5.51 Å². The van der Waals surface area contributed by atoms with Gasteiger partial charge in [0.05, 0.1) is 0 Å². The van der Waals surface area contributed by atoms with Crippen molar-refractivity contribution in [1.82, 2.24) is 4.90 Å². The Labute approximate surface area is 92.4 Å². The van der Waals surface area contributed by atoms with Crippen LogP contribution in [0.1, 0.15) is 13.3 Å². The molecule has 0 saturated carbocycles. The molecule has 0 aromatic rings. The fourth-order valence-electron chi connectivity index (χ4n) is 1.99.